The van der Waals surface area contributed by atoms with Gasteiger partial charge in [-0.15, -0.1) is 0 Å². The van der Waals surface area contributed by atoms with Gasteiger partial charge in [0.05, 0.1) is 0 Å². The Balaban J connectivity index is 1.91. The molecule has 0 heterocycles. The number of fused-ring (bicyclic) bond motifs is 1. The first-order valence-electron chi connectivity index (χ1n) is 7.33. The van der Waals surface area contributed by atoms with E-state index in [1.165, 1.54) is 53.5 Å². The van der Waals surface area contributed by atoms with E-state index in [4.69, 9.17) is 0 Å². The number of hydrogen-bond acceptors (Lipinski definition) is 1. The topological polar surface area (TPSA) is 12.0 Å². The molecule has 0 saturated heterocycles. The normalized spacial score (nSPS) is 13.3. The van der Waals surface area contributed by atoms with E-state index < -0.39 is 0 Å². The third kappa shape index (κ3) is 3.81. The molecule has 2 rings (SSSR count). The highest BCUT2D eigenvalue weighted by Gasteiger charge is 2.13. The second kappa shape index (κ2) is 6.72. The molecule has 0 bridgehead atoms. The van der Waals surface area contributed by atoms with Crippen LogP contribution in [0.2, 0.25) is 0 Å². The van der Waals surface area contributed by atoms with Crippen molar-refractivity contribution in [2.45, 2.75) is 39.0 Å². The van der Waals surface area contributed by atoms with E-state index >= 15 is 0 Å². The largest absolute Gasteiger partial charge is 0.320 e. The van der Waals surface area contributed by atoms with Crippen LogP contribution in [-0.4, -0.2) is 13.6 Å². The summed E-state index contributed by atoms with van der Waals surface area (Å²) in [4.78, 5) is 0. The Morgan fingerprint density at radius 2 is 2.11 bits per heavy atom. The van der Waals surface area contributed by atoms with E-state index in [0.717, 1.165) is 13.0 Å². The average molecular weight is 255 g/mol. The molecule has 0 amide bonds. The van der Waals surface area contributed by atoms with Gasteiger partial charge >= 0.3 is 0 Å². The molecule has 1 aliphatic carbocycles. The Morgan fingerprint density at radius 1 is 1.26 bits per heavy atom. The van der Waals surface area contributed by atoms with Gasteiger partial charge in [0.15, 0.2) is 0 Å². The minimum absolute atomic E-state index is 1.06. The molecule has 102 valence electrons. The van der Waals surface area contributed by atoms with Gasteiger partial charge in [-0.05, 0) is 68.5 Å². The molecule has 1 N–H and O–H groups in total. The lowest BCUT2D eigenvalue weighted by molar-refractivity contribution is 0.642. The Kier molecular flexibility index (Phi) is 4.98. The summed E-state index contributed by atoms with van der Waals surface area (Å²) in [6.07, 6.45) is 8.45. The first-order valence-corrected chi connectivity index (χ1v) is 7.33. The van der Waals surface area contributed by atoms with Gasteiger partial charge in [0.1, 0.15) is 0 Å². The summed E-state index contributed by atoms with van der Waals surface area (Å²) >= 11 is 0. The van der Waals surface area contributed by atoms with Gasteiger partial charge in [0.25, 0.3) is 0 Å². The van der Waals surface area contributed by atoms with Crippen molar-refractivity contribution in [3.63, 3.8) is 0 Å². The Morgan fingerprint density at radius 3 is 2.84 bits per heavy atom. The van der Waals surface area contributed by atoms with Gasteiger partial charge in [0.2, 0.25) is 0 Å². The van der Waals surface area contributed by atoms with E-state index in [9.17, 15) is 0 Å². The molecule has 1 aromatic rings. The molecular weight excluding hydrogens is 230 g/mol. The van der Waals surface area contributed by atoms with Gasteiger partial charge in [-0.1, -0.05) is 42.8 Å². The maximum atomic E-state index is 4.05. The van der Waals surface area contributed by atoms with Crippen LogP contribution in [0.1, 0.15) is 42.9 Å². The number of aryl methyl sites for hydroxylation is 1. The molecule has 1 nitrogen and oxygen atoms in total. The van der Waals surface area contributed by atoms with Crippen molar-refractivity contribution in [1.29, 1.82) is 0 Å². The second-order valence-electron chi connectivity index (χ2n) is 5.57. The van der Waals surface area contributed by atoms with Gasteiger partial charge in [0, 0.05) is 0 Å². The number of rotatable bonds is 7. The van der Waals surface area contributed by atoms with E-state index in [1.54, 1.807) is 0 Å². The number of unbranched alkanes of at least 4 members (excludes halogenated alkanes) is 2. The Bertz CT molecular complexity index is 482. The number of hydrogen-bond donors (Lipinski definition) is 1. The van der Waals surface area contributed by atoms with Crippen molar-refractivity contribution in [1.82, 2.24) is 5.32 Å². The van der Waals surface area contributed by atoms with Gasteiger partial charge in [-0.3, -0.25) is 0 Å². The number of benzene rings is 1. The number of allylic oxidation sites excluding steroid dienone is 2. The molecule has 1 heteroatoms. The minimum atomic E-state index is 1.06. The van der Waals surface area contributed by atoms with Crippen molar-refractivity contribution in [2.75, 3.05) is 13.6 Å². The molecule has 1 aliphatic rings. The first-order chi connectivity index (χ1) is 9.20. The molecule has 1 aromatic carbocycles. The molecule has 0 radical (unpaired) electrons. The summed E-state index contributed by atoms with van der Waals surface area (Å²) in [5.74, 6) is 0. The summed E-state index contributed by atoms with van der Waals surface area (Å²) in [6, 6.07) is 6.96. The van der Waals surface area contributed by atoms with Crippen LogP contribution in [0.25, 0.3) is 6.08 Å². The SMILES string of the molecule is C=C(C)C1=Cc2cc(CCCCCNC)ccc2C1. The Labute approximate surface area is 117 Å². The highest BCUT2D eigenvalue weighted by atomic mass is 14.8. The van der Waals surface area contributed by atoms with Crippen LogP contribution in [0, 0.1) is 0 Å². The quantitative estimate of drug-likeness (QED) is 0.722. The maximum Gasteiger partial charge on any atom is -0.00172 e. The molecular formula is C18H25N. The number of nitrogens with one attached hydrogen (secondary N) is 1. The molecule has 0 fully saturated rings. The molecule has 0 spiro atoms. The predicted octanol–water partition coefficient (Wildman–Crippen LogP) is 4.13. The van der Waals surface area contributed by atoms with Gasteiger partial charge in [-0.25, -0.2) is 0 Å². The smallest absolute Gasteiger partial charge is 0.00172 e. The summed E-state index contributed by atoms with van der Waals surface area (Å²) in [7, 11) is 2.02. The van der Waals surface area contributed by atoms with E-state index in [-0.39, 0.29) is 0 Å². The predicted molar refractivity (Wildman–Crippen MR) is 84.4 cm³/mol. The van der Waals surface area contributed by atoms with Crippen molar-refractivity contribution in [3.05, 3.63) is 52.6 Å². The molecule has 0 unspecified atom stereocenters. The van der Waals surface area contributed by atoms with E-state index in [1.807, 2.05) is 7.05 Å². The average Bonchev–Trinajstić information content (AvgIpc) is 2.82. The lowest BCUT2D eigenvalue weighted by atomic mass is 10.0. The van der Waals surface area contributed by atoms with Crippen molar-refractivity contribution in [3.8, 4) is 0 Å². The van der Waals surface area contributed by atoms with Crippen LogP contribution in [0.5, 0.6) is 0 Å². The van der Waals surface area contributed by atoms with Crippen LogP contribution in [0.3, 0.4) is 0 Å². The summed E-state index contributed by atoms with van der Waals surface area (Å²) in [6.45, 7) is 7.28. The van der Waals surface area contributed by atoms with Crippen molar-refractivity contribution >= 4 is 6.08 Å². The third-order valence-electron chi connectivity index (χ3n) is 3.86. The van der Waals surface area contributed by atoms with E-state index in [2.05, 4.69) is 43.1 Å². The monoisotopic (exact) mass is 255 g/mol. The summed E-state index contributed by atoms with van der Waals surface area (Å²) in [5, 5.41) is 3.20. The van der Waals surface area contributed by atoms with Crippen LogP contribution < -0.4 is 5.32 Å². The fourth-order valence-corrected chi connectivity index (χ4v) is 2.62. The molecule has 0 atom stereocenters. The van der Waals surface area contributed by atoms with Crippen LogP contribution in [0.4, 0.5) is 0 Å². The second-order valence-corrected chi connectivity index (χ2v) is 5.57. The zero-order valence-corrected chi connectivity index (χ0v) is 12.3. The molecule has 0 saturated carbocycles. The Hall–Kier alpha value is -1.34. The van der Waals surface area contributed by atoms with Gasteiger partial charge in [-0.2, -0.15) is 0 Å². The minimum Gasteiger partial charge on any atom is -0.320 e. The fourth-order valence-electron chi connectivity index (χ4n) is 2.62. The van der Waals surface area contributed by atoms with Gasteiger partial charge < -0.3 is 5.32 Å². The van der Waals surface area contributed by atoms with Crippen molar-refractivity contribution < 1.29 is 0 Å². The lowest BCUT2D eigenvalue weighted by Gasteiger charge is -2.05. The van der Waals surface area contributed by atoms with Crippen molar-refractivity contribution in [2.24, 2.45) is 0 Å². The lowest BCUT2D eigenvalue weighted by Crippen LogP contribution is -2.07. The molecule has 0 aliphatic heterocycles. The zero-order chi connectivity index (χ0) is 13.7. The fraction of sp³-hybridized carbons (Fsp3) is 0.444. The van der Waals surface area contributed by atoms with Crippen LogP contribution >= 0.6 is 0 Å². The van der Waals surface area contributed by atoms with E-state index in [0.29, 0.717) is 0 Å². The standard InChI is InChI=1S/C18H25N/c1-14(2)17-12-16-9-8-15(11-18(16)13-17)7-5-4-6-10-19-3/h8-9,11,13,19H,1,4-7,10,12H2,2-3H3. The highest BCUT2D eigenvalue weighted by molar-refractivity contribution is 5.68. The molecule has 0 aromatic heterocycles. The summed E-state index contributed by atoms with van der Waals surface area (Å²) in [5.41, 5.74) is 6.93. The zero-order valence-electron chi connectivity index (χ0n) is 12.3. The summed E-state index contributed by atoms with van der Waals surface area (Å²) < 4.78 is 0. The highest BCUT2D eigenvalue weighted by Crippen LogP contribution is 2.29. The third-order valence-corrected chi connectivity index (χ3v) is 3.86. The van der Waals surface area contributed by atoms with Crippen LogP contribution in [-0.2, 0) is 12.8 Å². The first kappa shape index (κ1) is 14.1. The van der Waals surface area contributed by atoms with Crippen LogP contribution in [0.15, 0.2) is 35.9 Å². The molecule has 19 heavy (non-hydrogen) atoms. The maximum absolute atomic E-state index is 4.05.